The molecule has 0 amide bonds. The monoisotopic (exact) mass is 612 g/mol. The molecule has 1 aromatic heterocycles. The highest BCUT2D eigenvalue weighted by molar-refractivity contribution is 7.99. The SMILES string of the molecule is ClCCSCc1cc2nc3cc(CSCCCl)c(CSCCCl)cc3nc2cc1CSCCCl. The van der Waals surface area contributed by atoms with Crippen LogP contribution in [-0.2, 0) is 23.0 Å². The van der Waals surface area contributed by atoms with Crippen molar-refractivity contribution in [3.05, 3.63) is 46.5 Å². The minimum Gasteiger partial charge on any atom is -0.244 e. The van der Waals surface area contributed by atoms with Gasteiger partial charge in [-0.2, -0.15) is 47.0 Å². The van der Waals surface area contributed by atoms with Gasteiger partial charge >= 0.3 is 0 Å². The van der Waals surface area contributed by atoms with Crippen LogP contribution in [0.1, 0.15) is 22.3 Å². The zero-order valence-electron chi connectivity index (χ0n) is 18.8. The molecular formula is C24H28Cl4N2S4. The van der Waals surface area contributed by atoms with Gasteiger partial charge in [-0.15, -0.1) is 46.4 Å². The zero-order valence-corrected chi connectivity index (χ0v) is 25.1. The molecule has 0 saturated heterocycles. The van der Waals surface area contributed by atoms with E-state index in [1.54, 1.807) is 0 Å². The minimum atomic E-state index is 0.662. The molecule has 10 heteroatoms. The summed E-state index contributed by atoms with van der Waals surface area (Å²) >= 11 is 31.0. The topological polar surface area (TPSA) is 25.8 Å². The largest absolute Gasteiger partial charge is 0.244 e. The Labute approximate surface area is 239 Å². The first-order valence-electron chi connectivity index (χ1n) is 11.0. The Kier molecular flexibility index (Phi) is 14.1. The minimum absolute atomic E-state index is 0.662. The number of halogens is 4. The fourth-order valence-electron chi connectivity index (χ4n) is 3.43. The third-order valence-electron chi connectivity index (χ3n) is 4.99. The molecule has 0 fully saturated rings. The number of fused-ring (bicyclic) bond motifs is 2. The van der Waals surface area contributed by atoms with E-state index in [9.17, 15) is 0 Å². The molecule has 0 radical (unpaired) electrons. The zero-order chi connectivity index (χ0) is 24.2. The second-order valence-electron chi connectivity index (χ2n) is 7.41. The van der Waals surface area contributed by atoms with Gasteiger partial charge in [0.15, 0.2) is 0 Å². The van der Waals surface area contributed by atoms with Crippen LogP contribution in [0.3, 0.4) is 0 Å². The fourth-order valence-corrected chi connectivity index (χ4v) is 7.71. The molecule has 34 heavy (non-hydrogen) atoms. The molecule has 0 aliphatic rings. The van der Waals surface area contributed by atoms with E-state index in [0.29, 0.717) is 23.5 Å². The summed E-state index contributed by atoms with van der Waals surface area (Å²) in [5.41, 5.74) is 9.03. The number of nitrogens with zero attached hydrogens (tertiary/aromatic N) is 2. The Balaban J connectivity index is 2.00. The maximum atomic E-state index is 5.90. The normalized spacial score (nSPS) is 11.6. The molecule has 2 aromatic carbocycles. The first-order valence-corrected chi connectivity index (χ1v) is 17.8. The van der Waals surface area contributed by atoms with Gasteiger partial charge < -0.3 is 0 Å². The first-order chi connectivity index (χ1) is 16.7. The third-order valence-corrected chi connectivity index (χ3v) is 10.7. The lowest BCUT2D eigenvalue weighted by Crippen LogP contribution is -1.99. The van der Waals surface area contributed by atoms with Gasteiger partial charge in [-0.05, 0) is 46.5 Å². The lowest BCUT2D eigenvalue weighted by molar-refractivity contribution is 1.25. The van der Waals surface area contributed by atoms with Crippen LogP contribution < -0.4 is 0 Å². The van der Waals surface area contributed by atoms with E-state index in [0.717, 1.165) is 68.1 Å². The van der Waals surface area contributed by atoms with Crippen molar-refractivity contribution < 1.29 is 0 Å². The summed E-state index contributed by atoms with van der Waals surface area (Å²) in [6, 6.07) is 8.86. The van der Waals surface area contributed by atoms with Crippen molar-refractivity contribution in [2.75, 3.05) is 46.5 Å². The standard InChI is InChI=1S/C24H28Cl4N2S4/c25-1-5-31-13-17-9-21-22(10-18(17)14-32-6-2-26)30-24-12-20(16-34-8-4-28)19(11-23(24)29-21)15-33-7-3-27/h9-12H,1-8,13-16H2. The smallest absolute Gasteiger partial charge is 0.0897 e. The molecular weight excluding hydrogens is 586 g/mol. The highest BCUT2D eigenvalue weighted by Crippen LogP contribution is 2.30. The van der Waals surface area contributed by atoms with Crippen LogP contribution in [0.25, 0.3) is 22.1 Å². The molecule has 2 nitrogen and oxygen atoms in total. The van der Waals surface area contributed by atoms with E-state index in [1.807, 2.05) is 47.0 Å². The van der Waals surface area contributed by atoms with Crippen molar-refractivity contribution in [3.8, 4) is 0 Å². The van der Waals surface area contributed by atoms with Crippen molar-refractivity contribution in [1.82, 2.24) is 9.97 Å². The predicted molar refractivity (Wildman–Crippen MR) is 165 cm³/mol. The number of hydrogen-bond donors (Lipinski definition) is 0. The van der Waals surface area contributed by atoms with Gasteiger partial charge in [0.1, 0.15) is 0 Å². The second-order valence-corrected chi connectivity index (χ2v) is 13.3. The number of rotatable bonds is 16. The number of aromatic nitrogens is 2. The fraction of sp³-hybridized carbons (Fsp3) is 0.500. The Morgan fingerprint density at radius 1 is 0.441 bits per heavy atom. The molecule has 0 aliphatic carbocycles. The quantitative estimate of drug-likeness (QED) is 0.0910. The van der Waals surface area contributed by atoms with Crippen LogP contribution in [0.4, 0.5) is 0 Å². The van der Waals surface area contributed by atoms with E-state index in [1.165, 1.54) is 22.3 Å². The van der Waals surface area contributed by atoms with Gasteiger partial charge in [-0.3, -0.25) is 0 Å². The lowest BCUT2D eigenvalue weighted by atomic mass is 10.1. The molecule has 3 aromatic rings. The van der Waals surface area contributed by atoms with Gasteiger partial charge in [-0.25, -0.2) is 9.97 Å². The molecule has 0 saturated carbocycles. The van der Waals surface area contributed by atoms with Crippen LogP contribution in [-0.4, -0.2) is 56.5 Å². The van der Waals surface area contributed by atoms with E-state index in [2.05, 4.69) is 24.3 Å². The molecule has 0 bridgehead atoms. The third kappa shape index (κ3) is 8.86. The van der Waals surface area contributed by atoms with Gasteiger partial charge in [0.05, 0.1) is 22.1 Å². The summed E-state index contributed by atoms with van der Waals surface area (Å²) in [5.74, 6) is 10.1. The summed E-state index contributed by atoms with van der Waals surface area (Å²) < 4.78 is 0. The summed E-state index contributed by atoms with van der Waals surface area (Å²) in [5, 5.41) is 0. The molecule has 0 atom stereocenters. The van der Waals surface area contributed by atoms with Crippen molar-refractivity contribution in [2.45, 2.75) is 23.0 Å². The van der Waals surface area contributed by atoms with Crippen molar-refractivity contribution >= 4 is 116 Å². The van der Waals surface area contributed by atoms with Crippen molar-refractivity contribution in [1.29, 1.82) is 0 Å². The Bertz CT molecular complexity index is 894. The number of hydrogen-bond acceptors (Lipinski definition) is 6. The Morgan fingerprint density at radius 3 is 0.882 bits per heavy atom. The highest BCUT2D eigenvalue weighted by Gasteiger charge is 2.12. The molecule has 186 valence electrons. The van der Waals surface area contributed by atoms with E-state index < -0.39 is 0 Å². The summed E-state index contributed by atoms with van der Waals surface area (Å²) in [6.45, 7) is 0. The van der Waals surface area contributed by atoms with Gasteiger partial charge in [0, 0.05) is 69.5 Å². The van der Waals surface area contributed by atoms with Crippen LogP contribution in [0, 0.1) is 0 Å². The Hall–Kier alpha value is 0.600. The molecule has 0 unspecified atom stereocenters. The lowest BCUT2D eigenvalue weighted by Gasteiger charge is -2.13. The van der Waals surface area contributed by atoms with Crippen LogP contribution in [0.2, 0.25) is 0 Å². The van der Waals surface area contributed by atoms with Gasteiger partial charge in [-0.1, -0.05) is 0 Å². The summed E-state index contributed by atoms with van der Waals surface area (Å²) in [6.07, 6.45) is 0. The molecule has 3 rings (SSSR count). The van der Waals surface area contributed by atoms with Gasteiger partial charge in [0.25, 0.3) is 0 Å². The van der Waals surface area contributed by atoms with E-state index >= 15 is 0 Å². The average molecular weight is 615 g/mol. The first kappa shape index (κ1) is 29.2. The molecule has 0 spiro atoms. The maximum Gasteiger partial charge on any atom is 0.0897 e. The predicted octanol–water partition coefficient (Wildman–Crippen LogP) is 8.67. The average Bonchev–Trinajstić information content (AvgIpc) is 2.84. The number of benzene rings is 2. The summed E-state index contributed by atoms with van der Waals surface area (Å²) in [4.78, 5) is 10.1. The maximum absolute atomic E-state index is 5.90. The summed E-state index contributed by atoms with van der Waals surface area (Å²) in [7, 11) is 0. The molecule has 0 aliphatic heterocycles. The second kappa shape index (κ2) is 16.4. The van der Waals surface area contributed by atoms with Crippen LogP contribution in [0.15, 0.2) is 24.3 Å². The van der Waals surface area contributed by atoms with Crippen molar-refractivity contribution in [2.24, 2.45) is 0 Å². The van der Waals surface area contributed by atoms with Crippen molar-refractivity contribution in [3.63, 3.8) is 0 Å². The Morgan fingerprint density at radius 2 is 0.676 bits per heavy atom. The molecule has 1 heterocycles. The number of thioether (sulfide) groups is 4. The number of alkyl halides is 4. The van der Waals surface area contributed by atoms with Crippen LogP contribution in [0.5, 0.6) is 0 Å². The highest BCUT2D eigenvalue weighted by atomic mass is 35.5. The van der Waals surface area contributed by atoms with E-state index in [4.69, 9.17) is 56.4 Å². The van der Waals surface area contributed by atoms with Crippen LogP contribution >= 0.6 is 93.5 Å². The van der Waals surface area contributed by atoms with E-state index in [-0.39, 0.29) is 0 Å². The van der Waals surface area contributed by atoms with Gasteiger partial charge in [0.2, 0.25) is 0 Å². The molecule has 0 N–H and O–H groups in total.